The van der Waals surface area contributed by atoms with Crippen LogP contribution < -0.4 is 4.90 Å². The van der Waals surface area contributed by atoms with E-state index in [1.807, 2.05) is 0 Å². The highest BCUT2D eigenvalue weighted by Crippen LogP contribution is 2.36. The van der Waals surface area contributed by atoms with E-state index < -0.39 is 5.41 Å². The van der Waals surface area contributed by atoms with E-state index in [4.69, 9.17) is 11.6 Å². The fourth-order valence-electron chi connectivity index (χ4n) is 1.83. The highest BCUT2D eigenvalue weighted by atomic mass is 79.9. The van der Waals surface area contributed by atoms with Gasteiger partial charge >= 0.3 is 0 Å². The number of nitrogens with zero attached hydrogens (tertiary/aromatic N) is 1. The van der Waals surface area contributed by atoms with Gasteiger partial charge in [-0.3, -0.25) is 14.5 Å². The lowest BCUT2D eigenvalue weighted by Gasteiger charge is -2.18. The summed E-state index contributed by atoms with van der Waals surface area (Å²) in [7, 11) is 0. The standard InChI is InChI=1S/C12H11BrClNO2/c1-12(2)6-10(16)15(11(12)17)7-3-4-9(14)8(13)5-7/h3-5H,6H2,1-2H3. The second kappa shape index (κ2) is 4.10. The zero-order valence-electron chi connectivity index (χ0n) is 9.46. The van der Waals surface area contributed by atoms with Crippen LogP contribution in [-0.4, -0.2) is 11.8 Å². The summed E-state index contributed by atoms with van der Waals surface area (Å²) >= 11 is 9.16. The van der Waals surface area contributed by atoms with E-state index in [0.717, 1.165) is 0 Å². The van der Waals surface area contributed by atoms with Gasteiger partial charge in [0.2, 0.25) is 11.8 Å². The van der Waals surface area contributed by atoms with Crippen molar-refractivity contribution >= 4 is 45.0 Å². The molecule has 1 aromatic rings. The fourth-order valence-corrected chi connectivity index (χ4v) is 2.32. The van der Waals surface area contributed by atoms with Crippen LogP contribution in [-0.2, 0) is 9.59 Å². The van der Waals surface area contributed by atoms with Gasteiger partial charge in [0, 0.05) is 10.9 Å². The molecule has 1 saturated heterocycles. The summed E-state index contributed by atoms with van der Waals surface area (Å²) in [6.45, 7) is 3.55. The van der Waals surface area contributed by atoms with Gasteiger partial charge in [0.05, 0.1) is 16.1 Å². The predicted molar refractivity (Wildman–Crippen MR) is 70.0 cm³/mol. The number of hydrogen-bond acceptors (Lipinski definition) is 2. The molecule has 1 fully saturated rings. The van der Waals surface area contributed by atoms with Gasteiger partial charge in [0.15, 0.2) is 0 Å². The average Bonchev–Trinajstić information content (AvgIpc) is 2.42. The molecule has 0 aliphatic carbocycles. The molecule has 0 saturated carbocycles. The molecule has 0 N–H and O–H groups in total. The smallest absolute Gasteiger partial charge is 0.239 e. The molecular formula is C12H11BrClNO2. The van der Waals surface area contributed by atoms with Crippen molar-refractivity contribution in [3.05, 3.63) is 27.7 Å². The maximum absolute atomic E-state index is 12.1. The number of benzene rings is 1. The van der Waals surface area contributed by atoms with E-state index in [1.54, 1.807) is 32.0 Å². The lowest BCUT2D eigenvalue weighted by Crippen LogP contribution is -2.32. The minimum atomic E-state index is -0.622. The second-order valence-corrected chi connectivity index (χ2v) is 5.95. The second-order valence-electron chi connectivity index (χ2n) is 4.69. The maximum Gasteiger partial charge on any atom is 0.239 e. The van der Waals surface area contributed by atoms with Gasteiger partial charge in [-0.1, -0.05) is 25.4 Å². The SMILES string of the molecule is CC1(C)CC(=O)N(c2ccc(Cl)c(Br)c2)C1=O. The Morgan fingerprint density at radius 2 is 2.00 bits per heavy atom. The van der Waals surface area contributed by atoms with Crippen LogP contribution in [0.5, 0.6) is 0 Å². The summed E-state index contributed by atoms with van der Waals surface area (Å²) in [5.74, 6) is -0.342. The van der Waals surface area contributed by atoms with Crippen molar-refractivity contribution in [1.82, 2.24) is 0 Å². The third-order valence-electron chi connectivity index (χ3n) is 2.79. The van der Waals surface area contributed by atoms with Gasteiger partial charge in [-0.15, -0.1) is 0 Å². The number of hydrogen-bond donors (Lipinski definition) is 0. The van der Waals surface area contributed by atoms with Gasteiger partial charge < -0.3 is 0 Å². The van der Waals surface area contributed by atoms with Gasteiger partial charge in [-0.05, 0) is 34.1 Å². The summed E-state index contributed by atoms with van der Waals surface area (Å²) in [4.78, 5) is 25.2. The summed E-state index contributed by atoms with van der Waals surface area (Å²) in [5, 5.41) is 0.548. The number of anilines is 1. The molecule has 0 unspecified atom stereocenters. The minimum absolute atomic E-state index is 0.170. The summed E-state index contributed by atoms with van der Waals surface area (Å²) in [6, 6.07) is 5.01. The van der Waals surface area contributed by atoms with Crippen molar-refractivity contribution < 1.29 is 9.59 Å². The topological polar surface area (TPSA) is 37.4 Å². The lowest BCUT2D eigenvalue weighted by molar-refractivity contribution is -0.124. The molecule has 2 amide bonds. The Bertz CT molecular complexity index is 513. The Hall–Kier alpha value is -0.870. The normalized spacial score (nSPS) is 18.9. The van der Waals surface area contributed by atoms with Gasteiger partial charge in [0.25, 0.3) is 0 Å². The third kappa shape index (κ3) is 2.11. The first-order valence-electron chi connectivity index (χ1n) is 5.15. The molecule has 1 heterocycles. The molecule has 0 atom stereocenters. The van der Waals surface area contributed by atoms with Crippen molar-refractivity contribution in [1.29, 1.82) is 0 Å². The lowest BCUT2D eigenvalue weighted by atomic mass is 9.92. The Kier molecular flexibility index (Phi) is 3.04. The molecular weight excluding hydrogens is 305 g/mol. The Morgan fingerprint density at radius 1 is 1.35 bits per heavy atom. The predicted octanol–water partition coefficient (Wildman–Crippen LogP) is 3.39. The van der Waals surface area contributed by atoms with Gasteiger partial charge in [-0.25, -0.2) is 0 Å². The molecule has 0 radical (unpaired) electrons. The minimum Gasteiger partial charge on any atom is -0.274 e. The van der Waals surface area contributed by atoms with Crippen LogP contribution in [0.2, 0.25) is 5.02 Å². The van der Waals surface area contributed by atoms with E-state index in [-0.39, 0.29) is 18.2 Å². The van der Waals surface area contributed by atoms with Crippen LogP contribution >= 0.6 is 27.5 Å². The fraction of sp³-hybridized carbons (Fsp3) is 0.333. The molecule has 90 valence electrons. The van der Waals surface area contributed by atoms with E-state index in [1.165, 1.54) is 4.90 Å². The summed E-state index contributed by atoms with van der Waals surface area (Å²) < 4.78 is 0.668. The van der Waals surface area contributed by atoms with Crippen molar-refractivity contribution in [2.24, 2.45) is 5.41 Å². The molecule has 1 aliphatic heterocycles. The van der Waals surface area contributed by atoms with Crippen molar-refractivity contribution in [2.75, 3.05) is 4.90 Å². The van der Waals surface area contributed by atoms with E-state index >= 15 is 0 Å². The molecule has 0 spiro atoms. The van der Waals surface area contributed by atoms with Crippen LogP contribution in [0.1, 0.15) is 20.3 Å². The Labute approximate surface area is 113 Å². The molecule has 1 aliphatic rings. The number of amides is 2. The van der Waals surface area contributed by atoms with E-state index in [2.05, 4.69) is 15.9 Å². The maximum atomic E-state index is 12.1. The molecule has 2 rings (SSSR count). The number of imide groups is 1. The zero-order chi connectivity index (χ0) is 12.8. The van der Waals surface area contributed by atoms with Crippen LogP contribution in [0.15, 0.2) is 22.7 Å². The van der Waals surface area contributed by atoms with E-state index in [9.17, 15) is 9.59 Å². The molecule has 5 heteroatoms. The van der Waals surface area contributed by atoms with Crippen LogP contribution in [0.4, 0.5) is 5.69 Å². The molecule has 17 heavy (non-hydrogen) atoms. The number of rotatable bonds is 1. The highest BCUT2D eigenvalue weighted by Gasteiger charge is 2.45. The molecule has 0 bridgehead atoms. The number of carbonyl (C=O) groups excluding carboxylic acids is 2. The Morgan fingerprint density at radius 3 is 2.47 bits per heavy atom. The van der Waals surface area contributed by atoms with Crippen molar-refractivity contribution in [3.8, 4) is 0 Å². The van der Waals surface area contributed by atoms with Gasteiger partial charge in [0.1, 0.15) is 0 Å². The molecule has 0 aromatic heterocycles. The first kappa shape index (κ1) is 12.6. The molecule has 1 aromatic carbocycles. The first-order valence-corrected chi connectivity index (χ1v) is 6.32. The van der Waals surface area contributed by atoms with E-state index in [0.29, 0.717) is 15.2 Å². The van der Waals surface area contributed by atoms with Crippen LogP contribution in [0.25, 0.3) is 0 Å². The monoisotopic (exact) mass is 315 g/mol. The quantitative estimate of drug-likeness (QED) is 0.745. The summed E-state index contributed by atoms with van der Waals surface area (Å²) in [5.41, 5.74) is -0.0646. The van der Waals surface area contributed by atoms with Crippen LogP contribution in [0.3, 0.4) is 0 Å². The highest BCUT2D eigenvalue weighted by molar-refractivity contribution is 9.10. The van der Waals surface area contributed by atoms with Gasteiger partial charge in [-0.2, -0.15) is 0 Å². The first-order chi connectivity index (χ1) is 7.83. The van der Waals surface area contributed by atoms with Crippen molar-refractivity contribution in [3.63, 3.8) is 0 Å². The van der Waals surface area contributed by atoms with Crippen molar-refractivity contribution in [2.45, 2.75) is 20.3 Å². The third-order valence-corrected chi connectivity index (χ3v) is 4.00. The zero-order valence-corrected chi connectivity index (χ0v) is 11.8. The Balaban J connectivity index is 2.44. The largest absolute Gasteiger partial charge is 0.274 e. The number of carbonyl (C=O) groups is 2. The average molecular weight is 317 g/mol. The number of halogens is 2. The molecule has 3 nitrogen and oxygen atoms in total. The van der Waals surface area contributed by atoms with Crippen LogP contribution in [0, 0.1) is 5.41 Å². The summed E-state index contributed by atoms with van der Waals surface area (Å²) in [6.07, 6.45) is 0.242.